The Labute approximate surface area is 204 Å². The van der Waals surface area contributed by atoms with Crippen molar-refractivity contribution in [3.63, 3.8) is 0 Å². The van der Waals surface area contributed by atoms with Gasteiger partial charge in [0.2, 0.25) is 23.6 Å². The normalized spacial score (nSPS) is 23.1. The molecule has 2 fully saturated rings. The minimum Gasteiger partial charge on any atom is -0.550 e. The van der Waals surface area contributed by atoms with E-state index in [1.54, 1.807) is 20.8 Å². The number of carboxylic acid groups (broad SMARTS) is 1. The van der Waals surface area contributed by atoms with Crippen LogP contribution in [0.1, 0.15) is 59.8 Å². The van der Waals surface area contributed by atoms with Crippen LogP contribution in [0.15, 0.2) is 0 Å². The quantitative estimate of drug-likeness (QED) is 0.320. The number of likely N-dealkylation sites (tertiary alicyclic amines) is 2. The lowest BCUT2D eigenvalue weighted by Crippen LogP contribution is -2.54. The summed E-state index contributed by atoms with van der Waals surface area (Å²) in [5.41, 5.74) is -0.612. The van der Waals surface area contributed by atoms with Crippen LogP contribution in [0, 0.1) is 5.41 Å². The van der Waals surface area contributed by atoms with E-state index in [-0.39, 0.29) is 31.7 Å². The Morgan fingerprint density at radius 3 is 2.31 bits per heavy atom. The van der Waals surface area contributed by atoms with E-state index in [1.807, 2.05) is 0 Å². The maximum Gasteiger partial charge on any atom is 0.245 e. The van der Waals surface area contributed by atoms with E-state index in [0.29, 0.717) is 19.4 Å². The van der Waals surface area contributed by atoms with Gasteiger partial charge in [0.25, 0.3) is 0 Å². The summed E-state index contributed by atoms with van der Waals surface area (Å²) in [5, 5.41) is 25.8. The number of hydrogen-bond donors (Lipinski definition) is 3. The van der Waals surface area contributed by atoms with Crippen molar-refractivity contribution in [2.75, 3.05) is 19.6 Å². The maximum atomic E-state index is 13.0. The van der Waals surface area contributed by atoms with Gasteiger partial charge in [0.15, 0.2) is 5.78 Å². The lowest BCUT2D eigenvalue weighted by atomic mass is 9.85. The molecule has 3 N–H and O–H groups in total. The average Bonchev–Trinajstić information content (AvgIpc) is 3.39. The molecule has 2 aliphatic heterocycles. The molecule has 0 aromatic heterocycles. The standard InChI is InChI=1S/C23H36N4O8/c1-13(28)25-15(7-8-19(31)32)22(35)27-12-14(29)10-17(27)21(34)24-11-18(30)26-9-5-6-16(26)20(33)23(2,3)4/h14-17,29H,5-12H2,1-4H3,(H,24,34)(H,25,28)(H,31,32)/p-1. The SMILES string of the molecule is CC(=O)NC(CCC(=O)[O-])C(=O)N1CC(O)CC1C(=O)NCC(=O)N1CCCC1C(=O)C(C)(C)C. The predicted molar refractivity (Wildman–Crippen MR) is 120 cm³/mol. The molecule has 0 radical (unpaired) electrons. The Balaban J connectivity index is 2.05. The zero-order valence-electron chi connectivity index (χ0n) is 20.7. The molecule has 0 aliphatic carbocycles. The second-order valence-corrected chi connectivity index (χ2v) is 10.1. The molecule has 4 atom stereocenters. The van der Waals surface area contributed by atoms with E-state index in [9.17, 15) is 39.0 Å². The highest BCUT2D eigenvalue weighted by Crippen LogP contribution is 2.27. The number of nitrogens with zero attached hydrogens (tertiary/aromatic N) is 2. The first-order valence-electron chi connectivity index (χ1n) is 11.8. The minimum absolute atomic E-state index is 0.0501. The van der Waals surface area contributed by atoms with Gasteiger partial charge in [-0.15, -0.1) is 0 Å². The molecule has 4 amide bonds. The zero-order valence-corrected chi connectivity index (χ0v) is 20.7. The number of rotatable bonds is 9. The molecule has 35 heavy (non-hydrogen) atoms. The minimum atomic E-state index is -1.40. The fraction of sp³-hybridized carbons (Fsp3) is 0.739. The number of hydrogen-bond acceptors (Lipinski definition) is 8. The van der Waals surface area contributed by atoms with Crippen molar-refractivity contribution in [2.24, 2.45) is 5.41 Å². The van der Waals surface area contributed by atoms with Gasteiger partial charge >= 0.3 is 0 Å². The van der Waals surface area contributed by atoms with Crippen LogP contribution in [0.3, 0.4) is 0 Å². The highest BCUT2D eigenvalue weighted by Gasteiger charge is 2.42. The van der Waals surface area contributed by atoms with Crippen LogP contribution in [0.25, 0.3) is 0 Å². The Bertz CT molecular complexity index is 868. The number of carboxylic acids is 1. The van der Waals surface area contributed by atoms with Gasteiger partial charge in [0.1, 0.15) is 12.1 Å². The van der Waals surface area contributed by atoms with Crippen molar-refractivity contribution < 1.29 is 39.0 Å². The Kier molecular flexibility index (Phi) is 9.36. The molecule has 4 unspecified atom stereocenters. The van der Waals surface area contributed by atoms with E-state index in [2.05, 4.69) is 10.6 Å². The molecule has 2 aliphatic rings. The van der Waals surface area contributed by atoms with Gasteiger partial charge in [-0.1, -0.05) is 20.8 Å². The fourth-order valence-electron chi connectivity index (χ4n) is 4.49. The molecule has 2 heterocycles. The van der Waals surface area contributed by atoms with Gasteiger partial charge in [-0.25, -0.2) is 0 Å². The largest absolute Gasteiger partial charge is 0.550 e. The number of amides is 4. The fourth-order valence-corrected chi connectivity index (χ4v) is 4.49. The average molecular weight is 496 g/mol. The molecule has 0 spiro atoms. The van der Waals surface area contributed by atoms with E-state index >= 15 is 0 Å². The van der Waals surface area contributed by atoms with Gasteiger partial charge < -0.3 is 35.4 Å². The number of aliphatic hydroxyl groups excluding tert-OH is 1. The molecule has 196 valence electrons. The summed E-state index contributed by atoms with van der Waals surface area (Å²) in [6.07, 6.45) is -0.561. The summed E-state index contributed by atoms with van der Waals surface area (Å²) in [5.74, 6) is -3.79. The van der Waals surface area contributed by atoms with E-state index in [0.717, 1.165) is 4.90 Å². The first-order chi connectivity index (χ1) is 16.2. The van der Waals surface area contributed by atoms with Crippen molar-refractivity contribution in [3.05, 3.63) is 0 Å². The second kappa shape index (κ2) is 11.6. The summed E-state index contributed by atoms with van der Waals surface area (Å²) in [7, 11) is 0. The van der Waals surface area contributed by atoms with Gasteiger partial charge in [-0.3, -0.25) is 24.0 Å². The van der Waals surface area contributed by atoms with Crippen LogP contribution in [0.4, 0.5) is 0 Å². The van der Waals surface area contributed by atoms with Gasteiger partial charge in [0.05, 0.1) is 18.7 Å². The number of ketones is 1. The summed E-state index contributed by atoms with van der Waals surface area (Å²) in [6.45, 7) is 6.39. The summed E-state index contributed by atoms with van der Waals surface area (Å²) in [6, 6.07) is -2.86. The molecule has 0 bridgehead atoms. The van der Waals surface area contributed by atoms with E-state index < -0.39 is 65.7 Å². The monoisotopic (exact) mass is 495 g/mol. The van der Waals surface area contributed by atoms with Crippen LogP contribution in [-0.4, -0.2) is 94.2 Å². The maximum absolute atomic E-state index is 13.0. The number of carbonyl (C=O) groups excluding carboxylic acids is 6. The third-order valence-electron chi connectivity index (χ3n) is 6.21. The third-order valence-corrected chi connectivity index (χ3v) is 6.21. The highest BCUT2D eigenvalue weighted by atomic mass is 16.4. The molecule has 0 aromatic rings. The van der Waals surface area contributed by atoms with Crippen LogP contribution >= 0.6 is 0 Å². The highest BCUT2D eigenvalue weighted by molar-refractivity contribution is 5.96. The predicted octanol–water partition coefficient (Wildman–Crippen LogP) is -2.29. The lowest BCUT2D eigenvalue weighted by Gasteiger charge is -2.30. The molecule has 12 heteroatoms. The lowest BCUT2D eigenvalue weighted by molar-refractivity contribution is -0.305. The van der Waals surface area contributed by atoms with Crippen LogP contribution < -0.4 is 15.7 Å². The van der Waals surface area contributed by atoms with Crippen molar-refractivity contribution in [2.45, 2.75) is 84.0 Å². The number of aliphatic hydroxyl groups is 1. The molecule has 12 nitrogen and oxygen atoms in total. The Morgan fingerprint density at radius 1 is 1.09 bits per heavy atom. The van der Waals surface area contributed by atoms with Crippen LogP contribution in [0.2, 0.25) is 0 Å². The first-order valence-corrected chi connectivity index (χ1v) is 11.8. The first kappa shape index (κ1) is 28.2. The summed E-state index contributed by atoms with van der Waals surface area (Å²) in [4.78, 5) is 76.2. The molecule has 0 aromatic carbocycles. The van der Waals surface area contributed by atoms with Gasteiger partial charge in [-0.2, -0.15) is 0 Å². The Hall–Kier alpha value is -3.02. The van der Waals surface area contributed by atoms with Crippen molar-refractivity contribution in [3.8, 4) is 0 Å². The second-order valence-electron chi connectivity index (χ2n) is 10.1. The number of carbonyl (C=O) groups is 6. The molecule has 2 rings (SSSR count). The van der Waals surface area contributed by atoms with Crippen molar-refractivity contribution >= 4 is 35.4 Å². The van der Waals surface area contributed by atoms with Gasteiger partial charge in [-0.05, 0) is 25.7 Å². The van der Waals surface area contributed by atoms with Crippen LogP contribution in [0.5, 0.6) is 0 Å². The van der Waals surface area contributed by atoms with Crippen LogP contribution in [-0.2, 0) is 28.8 Å². The molecule has 0 saturated carbocycles. The number of β-amino-alcohol motifs (C(OH)–C–C–N with tert-alkyl or cyclic N) is 1. The smallest absolute Gasteiger partial charge is 0.245 e. The molecular weight excluding hydrogens is 460 g/mol. The molecular formula is C23H35N4O8-. The van der Waals surface area contributed by atoms with E-state index in [4.69, 9.17) is 0 Å². The zero-order chi connectivity index (χ0) is 26.5. The summed E-state index contributed by atoms with van der Waals surface area (Å²) >= 11 is 0. The summed E-state index contributed by atoms with van der Waals surface area (Å²) < 4.78 is 0. The number of nitrogens with one attached hydrogen (secondary N) is 2. The van der Waals surface area contributed by atoms with E-state index in [1.165, 1.54) is 11.8 Å². The topological polar surface area (TPSA) is 176 Å². The van der Waals surface area contributed by atoms with Crippen molar-refractivity contribution in [1.29, 1.82) is 0 Å². The van der Waals surface area contributed by atoms with Crippen molar-refractivity contribution in [1.82, 2.24) is 20.4 Å². The van der Waals surface area contributed by atoms with Gasteiger partial charge in [0, 0.05) is 37.8 Å². The molecule has 2 saturated heterocycles. The Morgan fingerprint density at radius 2 is 1.74 bits per heavy atom. The number of aliphatic carboxylic acids is 1. The number of Topliss-reactive ketones (excluding diaryl/α,β-unsaturated/α-hetero) is 1. The third kappa shape index (κ3) is 7.48.